The normalized spacial score (nSPS) is 12.5. The minimum atomic E-state index is -1.10. The number of aliphatic hydroxyl groups is 1. The molecule has 1 aromatic carbocycles. The van der Waals surface area contributed by atoms with E-state index in [1.807, 2.05) is 13.8 Å². The van der Waals surface area contributed by atoms with Gasteiger partial charge in [0, 0.05) is 6.20 Å². The summed E-state index contributed by atoms with van der Waals surface area (Å²) in [6.07, 6.45) is 0.395. The molecule has 19 heavy (non-hydrogen) atoms. The molecule has 0 spiro atoms. The van der Waals surface area contributed by atoms with E-state index in [1.165, 1.54) is 18.3 Å². The molecule has 2 aromatic rings. The minimum absolute atomic E-state index is 0.0178. The first-order valence-electron chi connectivity index (χ1n) is 6.13. The SMILES string of the molecule is CC(C)Oc1cccc(C(O)c2ncccc2F)c1. The van der Waals surface area contributed by atoms with E-state index in [0.717, 1.165) is 0 Å². The maximum atomic E-state index is 13.6. The van der Waals surface area contributed by atoms with E-state index in [9.17, 15) is 9.50 Å². The fourth-order valence-corrected chi connectivity index (χ4v) is 1.79. The van der Waals surface area contributed by atoms with Gasteiger partial charge in [0.25, 0.3) is 0 Å². The summed E-state index contributed by atoms with van der Waals surface area (Å²) in [5.74, 6) is 0.119. The van der Waals surface area contributed by atoms with E-state index in [0.29, 0.717) is 11.3 Å². The molecule has 0 aliphatic carbocycles. The van der Waals surface area contributed by atoms with Gasteiger partial charge in [-0.15, -0.1) is 0 Å². The van der Waals surface area contributed by atoms with E-state index in [4.69, 9.17) is 4.74 Å². The molecule has 100 valence electrons. The van der Waals surface area contributed by atoms with E-state index in [1.54, 1.807) is 24.3 Å². The number of halogens is 1. The number of hydrogen-bond acceptors (Lipinski definition) is 3. The lowest BCUT2D eigenvalue weighted by atomic mass is 10.1. The first-order valence-corrected chi connectivity index (χ1v) is 6.13. The Labute approximate surface area is 111 Å². The number of pyridine rings is 1. The molecule has 0 radical (unpaired) electrons. The van der Waals surface area contributed by atoms with Crippen LogP contribution in [0, 0.1) is 5.82 Å². The van der Waals surface area contributed by atoms with Crippen molar-refractivity contribution < 1.29 is 14.2 Å². The van der Waals surface area contributed by atoms with Gasteiger partial charge >= 0.3 is 0 Å². The zero-order valence-corrected chi connectivity index (χ0v) is 10.9. The molecule has 0 amide bonds. The molecule has 1 aromatic heterocycles. The smallest absolute Gasteiger partial charge is 0.147 e. The lowest BCUT2D eigenvalue weighted by Crippen LogP contribution is -2.08. The van der Waals surface area contributed by atoms with Crippen molar-refractivity contribution in [1.82, 2.24) is 4.98 Å². The highest BCUT2D eigenvalue weighted by molar-refractivity contribution is 5.33. The Morgan fingerprint density at radius 1 is 1.21 bits per heavy atom. The van der Waals surface area contributed by atoms with Gasteiger partial charge in [0.1, 0.15) is 23.4 Å². The van der Waals surface area contributed by atoms with Crippen LogP contribution in [0.5, 0.6) is 5.75 Å². The minimum Gasteiger partial charge on any atom is -0.491 e. The summed E-state index contributed by atoms with van der Waals surface area (Å²) in [6, 6.07) is 9.73. The average molecular weight is 261 g/mol. The van der Waals surface area contributed by atoms with Crippen LogP contribution in [0.2, 0.25) is 0 Å². The Balaban J connectivity index is 2.29. The van der Waals surface area contributed by atoms with Gasteiger partial charge in [-0.05, 0) is 43.7 Å². The van der Waals surface area contributed by atoms with E-state index >= 15 is 0 Å². The number of benzene rings is 1. The molecule has 0 fully saturated rings. The van der Waals surface area contributed by atoms with Crippen molar-refractivity contribution in [2.75, 3.05) is 0 Å². The van der Waals surface area contributed by atoms with Gasteiger partial charge in [0.05, 0.1) is 6.10 Å². The number of hydrogen-bond donors (Lipinski definition) is 1. The summed E-state index contributed by atoms with van der Waals surface area (Å²) in [4.78, 5) is 3.88. The molecule has 0 bridgehead atoms. The highest BCUT2D eigenvalue weighted by Crippen LogP contribution is 2.25. The zero-order valence-electron chi connectivity index (χ0n) is 10.9. The Kier molecular flexibility index (Phi) is 4.12. The van der Waals surface area contributed by atoms with Gasteiger partial charge in [0.15, 0.2) is 0 Å². The fourth-order valence-electron chi connectivity index (χ4n) is 1.79. The van der Waals surface area contributed by atoms with Crippen molar-refractivity contribution in [1.29, 1.82) is 0 Å². The summed E-state index contributed by atoms with van der Waals surface area (Å²) < 4.78 is 19.1. The Morgan fingerprint density at radius 2 is 2.00 bits per heavy atom. The van der Waals surface area contributed by atoms with Crippen molar-refractivity contribution >= 4 is 0 Å². The van der Waals surface area contributed by atoms with E-state index in [-0.39, 0.29) is 11.8 Å². The monoisotopic (exact) mass is 261 g/mol. The molecule has 1 heterocycles. The van der Waals surface area contributed by atoms with Gasteiger partial charge in [-0.1, -0.05) is 12.1 Å². The third-order valence-corrected chi connectivity index (χ3v) is 2.59. The van der Waals surface area contributed by atoms with E-state index < -0.39 is 11.9 Å². The van der Waals surface area contributed by atoms with Crippen LogP contribution >= 0.6 is 0 Å². The Hall–Kier alpha value is -1.94. The lowest BCUT2D eigenvalue weighted by molar-refractivity contribution is 0.206. The zero-order chi connectivity index (χ0) is 13.8. The average Bonchev–Trinajstić information content (AvgIpc) is 2.38. The number of rotatable bonds is 4. The predicted molar refractivity (Wildman–Crippen MR) is 70.5 cm³/mol. The van der Waals surface area contributed by atoms with Crippen LogP contribution in [-0.4, -0.2) is 16.2 Å². The largest absolute Gasteiger partial charge is 0.491 e. The van der Waals surface area contributed by atoms with Gasteiger partial charge in [0.2, 0.25) is 0 Å². The maximum Gasteiger partial charge on any atom is 0.147 e. The Bertz CT molecular complexity index is 557. The molecule has 0 saturated heterocycles. The summed E-state index contributed by atoms with van der Waals surface area (Å²) in [6.45, 7) is 3.84. The number of aliphatic hydroxyl groups excluding tert-OH is 1. The second-order valence-corrected chi connectivity index (χ2v) is 4.51. The lowest BCUT2D eigenvalue weighted by Gasteiger charge is -2.14. The first kappa shape index (κ1) is 13.5. The molecule has 1 atom stereocenters. The quantitative estimate of drug-likeness (QED) is 0.919. The van der Waals surface area contributed by atoms with Crippen molar-refractivity contribution in [3.63, 3.8) is 0 Å². The predicted octanol–water partition coefficient (Wildman–Crippen LogP) is 3.09. The second-order valence-electron chi connectivity index (χ2n) is 4.51. The Morgan fingerprint density at radius 3 is 2.68 bits per heavy atom. The summed E-state index contributed by atoms with van der Waals surface area (Å²) in [7, 11) is 0. The van der Waals surface area contributed by atoms with Crippen LogP contribution in [-0.2, 0) is 0 Å². The molecule has 4 heteroatoms. The van der Waals surface area contributed by atoms with Crippen LogP contribution in [0.3, 0.4) is 0 Å². The molecule has 1 unspecified atom stereocenters. The molecule has 3 nitrogen and oxygen atoms in total. The molecule has 0 aliphatic heterocycles. The first-order chi connectivity index (χ1) is 9.08. The number of aromatic nitrogens is 1. The second kappa shape index (κ2) is 5.80. The molecule has 0 saturated carbocycles. The topological polar surface area (TPSA) is 42.4 Å². The van der Waals surface area contributed by atoms with Crippen LogP contribution in [0.15, 0.2) is 42.6 Å². The standard InChI is InChI=1S/C15H16FNO2/c1-10(2)19-12-6-3-5-11(9-12)15(18)14-13(16)7-4-8-17-14/h3-10,15,18H,1-2H3. The summed E-state index contributed by atoms with van der Waals surface area (Å²) in [5.41, 5.74) is 0.569. The van der Waals surface area contributed by atoms with Crippen molar-refractivity contribution in [3.8, 4) is 5.75 Å². The third kappa shape index (κ3) is 3.29. The van der Waals surface area contributed by atoms with Gasteiger partial charge in [-0.25, -0.2) is 4.39 Å². The molecule has 1 N–H and O–H groups in total. The molecular weight excluding hydrogens is 245 g/mol. The van der Waals surface area contributed by atoms with Gasteiger partial charge in [-0.3, -0.25) is 4.98 Å². The fraction of sp³-hybridized carbons (Fsp3) is 0.267. The van der Waals surface area contributed by atoms with Gasteiger partial charge < -0.3 is 9.84 Å². The van der Waals surface area contributed by atoms with E-state index in [2.05, 4.69) is 4.98 Å². The summed E-state index contributed by atoms with van der Waals surface area (Å²) >= 11 is 0. The van der Waals surface area contributed by atoms with Crippen LogP contribution < -0.4 is 4.74 Å². The van der Waals surface area contributed by atoms with Crippen molar-refractivity contribution in [2.24, 2.45) is 0 Å². The highest BCUT2D eigenvalue weighted by atomic mass is 19.1. The number of ether oxygens (including phenoxy) is 1. The highest BCUT2D eigenvalue weighted by Gasteiger charge is 2.16. The molecular formula is C15H16FNO2. The van der Waals surface area contributed by atoms with Crippen LogP contribution in [0.25, 0.3) is 0 Å². The summed E-state index contributed by atoms with van der Waals surface area (Å²) in [5, 5.41) is 10.2. The molecule has 0 aliphatic rings. The third-order valence-electron chi connectivity index (χ3n) is 2.59. The van der Waals surface area contributed by atoms with Crippen molar-refractivity contribution in [3.05, 3.63) is 59.7 Å². The number of nitrogens with zero attached hydrogens (tertiary/aromatic N) is 1. The van der Waals surface area contributed by atoms with Crippen LogP contribution in [0.4, 0.5) is 4.39 Å². The van der Waals surface area contributed by atoms with Crippen molar-refractivity contribution in [2.45, 2.75) is 26.1 Å². The van der Waals surface area contributed by atoms with Crippen LogP contribution in [0.1, 0.15) is 31.2 Å². The van der Waals surface area contributed by atoms with Gasteiger partial charge in [-0.2, -0.15) is 0 Å². The molecule has 2 rings (SSSR count). The maximum absolute atomic E-state index is 13.6.